The van der Waals surface area contributed by atoms with Gasteiger partial charge in [-0.1, -0.05) is 12.1 Å². The Labute approximate surface area is 230 Å². The molecule has 7 nitrogen and oxygen atoms in total. The molecule has 1 aliphatic rings. The summed E-state index contributed by atoms with van der Waals surface area (Å²) in [6.07, 6.45) is 3.29. The van der Waals surface area contributed by atoms with Crippen LogP contribution < -0.4 is 21.4 Å². The predicted molar refractivity (Wildman–Crippen MR) is 150 cm³/mol. The van der Waals surface area contributed by atoms with Crippen molar-refractivity contribution in [2.45, 2.75) is 32.7 Å². The molecule has 5 rings (SSSR count). The zero-order valence-electron chi connectivity index (χ0n) is 22.2. The van der Waals surface area contributed by atoms with Crippen LogP contribution in [0.25, 0.3) is 33.2 Å². The predicted octanol–water partition coefficient (Wildman–Crippen LogP) is 6.30. The Morgan fingerprint density at radius 2 is 1.77 bits per heavy atom. The number of hydrogen-bond acceptors (Lipinski definition) is 5. The first-order valence-electron chi connectivity index (χ1n) is 13.1. The number of pyridine rings is 1. The standard InChI is InChI=1S/C30H30F3N5O2/c1-3-40-37-30(39)36-28-23(14-21(32)15-26(28)33)18-4-5-27-24(13-18)29(38-8-6-22(34)7-9-38)25(16-35-27)19-10-17(2)11-20(31)12-19/h4-5,10-16,22H,3,6-9,34H2,1-2H3,(H2,36,37,39). The summed E-state index contributed by atoms with van der Waals surface area (Å²) in [4.78, 5) is 24.0. The van der Waals surface area contributed by atoms with Crippen LogP contribution >= 0.6 is 0 Å². The number of fused-ring (bicyclic) bond motifs is 1. The quantitative estimate of drug-likeness (QED) is 0.246. The Kier molecular flexibility index (Phi) is 7.90. The summed E-state index contributed by atoms with van der Waals surface area (Å²) in [5.74, 6) is -2.09. The highest BCUT2D eigenvalue weighted by atomic mass is 19.1. The molecule has 0 bridgehead atoms. The molecule has 1 fully saturated rings. The van der Waals surface area contributed by atoms with Crippen LogP contribution in [-0.4, -0.2) is 36.8 Å². The number of hydrogen-bond donors (Lipinski definition) is 3. The molecule has 0 radical (unpaired) electrons. The number of piperidine rings is 1. The molecule has 40 heavy (non-hydrogen) atoms. The van der Waals surface area contributed by atoms with Gasteiger partial charge in [-0.3, -0.25) is 9.82 Å². The Hall–Kier alpha value is -4.15. The van der Waals surface area contributed by atoms with E-state index < -0.39 is 17.7 Å². The van der Waals surface area contributed by atoms with Crippen molar-refractivity contribution >= 4 is 28.3 Å². The number of nitrogens with zero attached hydrogens (tertiary/aromatic N) is 2. The number of nitrogens with one attached hydrogen (secondary N) is 2. The molecule has 10 heteroatoms. The maximum Gasteiger partial charge on any atom is 0.343 e. The molecule has 0 spiro atoms. The third-order valence-electron chi connectivity index (χ3n) is 6.96. The van der Waals surface area contributed by atoms with Crippen LogP contribution in [0.4, 0.5) is 29.3 Å². The Balaban J connectivity index is 1.70. The van der Waals surface area contributed by atoms with Crippen molar-refractivity contribution in [3.05, 3.63) is 77.7 Å². The third kappa shape index (κ3) is 5.73. The van der Waals surface area contributed by atoms with Crippen LogP contribution in [0.15, 0.2) is 54.7 Å². The summed E-state index contributed by atoms with van der Waals surface area (Å²) in [7, 11) is 0. The second-order valence-corrected chi connectivity index (χ2v) is 9.89. The van der Waals surface area contributed by atoms with Gasteiger partial charge >= 0.3 is 6.03 Å². The molecule has 1 aliphatic heterocycles. The lowest BCUT2D eigenvalue weighted by Crippen LogP contribution is -2.40. The first kappa shape index (κ1) is 27.4. The van der Waals surface area contributed by atoms with E-state index >= 15 is 0 Å². The smallest absolute Gasteiger partial charge is 0.343 e. The van der Waals surface area contributed by atoms with Gasteiger partial charge in [0.15, 0.2) is 0 Å². The van der Waals surface area contributed by atoms with Gasteiger partial charge in [-0.2, -0.15) is 0 Å². The molecule has 4 aromatic rings. The Morgan fingerprint density at radius 3 is 2.50 bits per heavy atom. The van der Waals surface area contributed by atoms with Gasteiger partial charge in [0.2, 0.25) is 0 Å². The minimum absolute atomic E-state index is 0.0894. The molecule has 1 saturated heterocycles. The molecular weight excluding hydrogens is 519 g/mol. The molecule has 208 valence electrons. The number of halogens is 3. The summed E-state index contributed by atoms with van der Waals surface area (Å²) in [5.41, 5.74) is 12.4. The second kappa shape index (κ2) is 11.5. The fourth-order valence-corrected chi connectivity index (χ4v) is 5.12. The van der Waals surface area contributed by atoms with Crippen LogP contribution in [0.3, 0.4) is 0 Å². The van der Waals surface area contributed by atoms with E-state index in [4.69, 9.17) is 10.6 Å². The summed E-state index contributed by atoms with van der Waals surface area (Å²) in [6, 6.07) is 11.2. The molecule has 2 heterocycles. The summed E-state index contributed by atoms with van der Waals surface area (Å²) in [5, 5.41) is 3.15. The average molecular weight is 550 g/mol. The zero-order chi connectivity index (χ0) is 28.4. The van der Waals surface area contributed by atoms with Crippen molar-refractivity contribution in [1.82, 2.24) is 10.5 Å². The number of hydroxylamine groups is 1. The molecule has 0 saturated carbocycles. The molecule has 0 unspecified atom stereocenters. The van der Waals surface area contributed by atoms with Crippen molar-refractivity contribution in [2.24, 2.45) is 5.73 Å². The maximum absolute atomic E-state index is 15.0. The van der Waals surface area contributed by atoms with E-state index in [-0.39, 0.29) is 29.7 Å². The van der Waals surface area contributed by atoms with E-state index in [1.54, 1.807) is 31.3 Å². The first-order valence-corrected chi connectivity index (χ1v) is 13.1. The number of carbonyl (C=O) groups excluding carboxylic acids is 1. The number of carbonyl (C=O) groups is 1. The number of aryl methyl sites for hydroxylation is 1. The molecule has 4 N–H and O–H groups in total. The largest absolute Gasteiger partial charge is 0.370 e. The van der Waals surface area contributed by atoms with E-state index in [2.05, 4.69) is 20.7 Å². The number of benzene rings is 3. The molecular formula is C30H30F3N5O2. The first-order chi connectivity index (χ1) is 19.2. The topological polar surface area (TPSA) is 92.5 Å². The van der Waals surface area contributed by atoms with Crippen molar-refractivity contribution in [3.8, 4) is 22.3 Å². The Bertz CT molecular complexity index is 1550. The second-order valence-electron chi connectivity index (χ2n) is 9.89. The van der Waals surface area contributed by atoms with E-state index in [1.165, 1.54) is 12.1 Å². The minimum atomic E-state index is -0.936. The number of rotatable bonds is 6. The van der Waals surface area contributed by atoms with Gasteiger partial charge in [0.1, 0.15) is 17.5 Å². The van der Waals surface area contributed by atoms with Crippen molar-refractivity contribution in [2.75, 3.05) is 29.9 Å². The van der Waals surface area contributed by atoms with Crippen LogP contribution in [-0.2, 0) is 4.84 Å². The van der Waals surface area contributed by atoms with Crippen molar-refractivity contribution in [3.63, 3.8) is 0 Å². The lowest BCUT2D eigenvalue weighted by atomic mass is 9.95. The van der Waals surface area contributed by atoms with Gasteiger partial charge in [0.05, 0.1) is 23.5 Å². The Morgan fingerprint density at radius 1 is 1.02 bits per heavy atom. The van der Waals surface area contributed by atoms with Crippen LogP contribution in [0.2, 0.25) is 0 Å². The van der Waals surface area contributed by atoms with Crippen molar-refractivity contribution < 1.29 is 22.8 Å². The van der Waals surface area contributed by atoms with E-state index in [0.29, 0.717) is 35.8 Å². The fraction of sp³-hybridized carbons (Fsp3) is 0.267. The number of anilines is 2. The molecule has 1 aromatic heterocycles. The molecule has 0 atom stereocenters. The van der Waals surface area contributed by atoms with Gasteiger partial charge in [0.25, 0.3) is 0 Å². The van der Waals surface area contributed by atoms with Gasteiger partial charge in [-0.25, -0.2) is 23.4 Å². The summed E-state index contributed by atoms with van der Waals surface area (Å²) >= 11 is 0. The fourth-order valence-electron chi connectivity index (χ4n) is 5.12. The lowest BCUT2D eigenvalue weighted by Gasteiger charge is -2.34. The summed E-state index contributed by atoms with van der Waals surface area (Å²) in [6.45, 7) is 5.09. The number of amides is 2. The van der Waals surface area contributed by atoms with Gasteiger partial charge in [0, 0.05) is 47.9 Å². The molecule has 0 aliphatic carbocycles. The summed E-state index contributed by atoms with van der Waals surface area (Å²) < 4.78 is 43.9. The molecule has 3 aromatic carbocycles. The third-order valence-corrected chi connectivity index (χ3v) is 6.96. The number of urea groups is 1. The van der Waals surface area contributed by atoms with Crippen LogP contribution in [0.1, 0.15) is 25.3 Å². The highest BCUT2D eigenvalue weighted by Crippen LogP contribution is 2.41. The van der Waals surface area contributed by atoms with Gasteiger partial charge in [-0.15, -0.1) is 0 Å². The molecule has 2 amide bonds. The average Bonchev–Trinajstić information content (AvgIpc) is 2.92. The maximum atomic E-state index is 15.0. The number of aromatic nitrogens is 1. The van der Waals surface area contributed by atoms with E-state index in [1.807, 2.05) is 13.0 Å². The van der Waals surface area contributed by atoms with E-state index in [0.717, 1.165) is 41.1 Å². The van der Waals surface area contributed by atoms with Gasteiger partial charge < -0.3 is 16.0 Å². The monoisotopic (exact) mass is 549 g/mol. The van der Waals surface area contributed by atoms with Gasteiger partial charge in [-0.05, 0) is 73.7 Å². The van der Waals surface area contributed by atoms with Crippen molar-refractivity contribution in [1.29, 1.82) is 0 Å². The lowest BCUT2D eigenvalue weighted by molar-refractivity contribution is 0.0758. The van der Waals surface area contributed by atoms with Crippen LogP contribution in [0.5, 0.6) is 0 Å². The zero-order valence-corrected chi connectivity index (χ0v) is 22.2. The highest BCUT2D eigenvalue weighted by Gasteiger charge is 2.24. The van der Waals surface area contributed by atoms with Crippen LogP contribution in [0, 0.1) is 24.4 Å². The minimum Gasteiger partial charge on any atom is -0.370 e. The SMILES string of the molecule is CCONC(=O)Nc1c(F)cc(F)cc1-c1ccc2ncc(-c3cc(C)cc(F)c3)c(N3CCC(N)CC3)c2c1. The normalized spacial score (nSPS) is 14.0. The van der Waals surface area contributed by atoms with E-state index in [9.17, 15) is 18.0 Å². The number of nitrogens with two attached hydrogens (primary N) is 1. The highest BCUT2D eigenvalue weighted by molar-refractivity contribution is 6.03.